The van der Waals surface area contributed by atoms with Crippen molar-refractivity contribution >= 4 is 5.52 Å². The molecule has 0 N–H and O–H groups in total. The second kappa shape index (κ2) is 5.43. The highest BCUT2D eigenvalue weighted by molar-refractivity contribution is 5.61. The van der Waals surface area contributed by atoms with Crippen LogP contribution < -0.4 is 4.74 Å². The van der Waals surface area contributed by atoms with Crippen molar-refractivity contribution in [3.8, 4) is 17.0 Å². The third kappa shape index (κ3) is 3.29. The fraction of sp³-hybridized carbons (Fsp3) is 0.200. The maximum Gasteiger partial charge on any atom is 0.573 e. The van der Waals surface area contributed by atoms with Crippen LogP contribution >= 0.6 is 0 Å². The van der Waals surface area contributed by atoms with Crippen LogP contribution in [-0.2, 0) is 5.92 Å². The lowest BCUT2D eigenvalue weighted by atomic mass is 10.1. The fourth-order valence-electron chi connectivity index (χ4n) is 2.20. The first-order chi connectivity index (χ1) is 11.1. The van der Waals surface area contributed by atoms with Crippen LogP contribution in [0.25, 0.3) is 16.8 Å². The SMILES string of the molecule is CC(F)(F)c1ncc2cnc(-c3ccc(OC(F)(F)F)cc3)cn12. The molecule has 0 spiro atoms. The van der Waals surface area contributed by atoms with E-state index in [2.05, 4.69) is 14.7 Å². The average molecular weight is 343 g/mol. The smallest absolute Gasteiger partial charge is 0.406 e. The van der Waals surface area contributed by atoms with E-state index in [-0.39, 0.29) is 5.75 Å². The van der Waals surface area contributed by atoms with E-state index in [9.17, 15) is 22.0 Å². The molecule has 3 rings (SSSR count). The largest absolute Gasteiger partial charge is 0.573 e. The number of alkyl halides is 5. The molecule has 24 heavy (non-hydrogen) atoms. The molecular formula is C15H10F5N3O. The molecule has 0 aliphatic rings. The summed E-state index contributed by atoms with van der Waals surface area (Å²) in [7, 11) is 0. The van der Waals surface area contributed by atoms with Gasteiger partial charge in [-0.3, -0.25) is 9.38 Å². The van der Waals surface area contributed by atoms with Gasteiger partial charge in [-0.25, -0.2) is 4.98 Å². The van der Waals surface area contributed by atoms with Gasteiger partial charge in [0.15, 0.2) is 5.82 Å². The first kappa shape index (κ1) is 16.2. The summed E-state index contributed by atoms with van der Waals surface area (Å²) in [4.78, 5) is 7.79. The van der Waals surface area contributed by atoms with E-state index in [0.717, 1.165) is 19.1 Å². The number of rotatable bonds is 3. The van der Waals surface area contributed by atoms with E-state index in [0.29, 0.717) is 16.8 Å². The molecule has 9 heteroatoms. The van der Waals surface area contributed by atoms with Crippen LogP contribution in [-0.4, -0.2) is 20.7 Å². The lowest BCUT2D eigenvalue weighted by Crippen LogP contribution is -2.16. The molecule has 2 aromatic heterocycles. The third-order valence-corrected chi connectivity index (χ3v) is 3.19. The van der Waals surface area contributed by atoms with Gasteiger partial charge in [-0.05, 0) is 24.3 Å². The summed E-state index contributed by atoms with van der Waals surface area (Å²) >= 11 is 0. The Morgan fingerprint density at radius 1 is 0.958 bits per heavy atom. The molecule has 0 bridgehead atoms. The molecule has 1 aromatic carbocycles. The summed E-state index contributed by atoms with van der Waals surface area (Å²) in [5.74, 6) is -3.97. The lowest BCUT2D eigenvalue weighted by molar-refractivity contribution is -0.274. The molecule has 4 nitrogen and oxygen atoms in total. The molecule has 0 fully saturated rings. The number of fused-ring (bicyclic) bond motifs is 1. The fourth-order valence-corrected chi connectivity index (χ4v) is 2.20. The molecule has 0 aliphatic heterocycles. The van der Waals surface area contributed by atoms with Gasteiger partial charge in [-0.2, -0.15) is 8.78 Å². The van der Waals surface area contributed by atoms with Crippen LogP contribution in [0.5, 0.6) is 5.75 Å². The molecule has 2 heterocycles. The minimum Gasteiger partial charge on any atom is -0.406 e. The van der Waals surface area contributed by atoms with Gasteiger partial charge < -0.3 is 4.74 Å². The molecule has 0 aliphatic carbocycles. The van der Waals surface area contributed by atoms with E-state index in [4.69, 9.17) is 0 Å². The van der Waals surface area contributed by atoms with E-state index in [1.807, 2.05) is 0 Å². The second-order valence-corrected chi connectivity index (χ2v) is 5.11. The Labute approximate surface area is 132 Å². The van der Waals surface area contributed by atoms with Crippen LogP contribution in [0.1, 0.15) is 12.7 Å². The number of aromatic nitrogens is 3. The number of hydrogen-bond acceptors (Lipinski definition) is 3. The average Bonchev–Trinajstić information content (AvgIpc) is 2.89. The van der Waals surface area contributed by atoms with Crippen molar-refractivity contribution in [2.45, 2.75) is 19.2 Å². The molecule has 0 radical (unpaired) electrons. The Bertz CT molecular complexity index is 865. The number of halogens is 5. The van der Waals surface area contributed by atoms with E-state index < -0.39 is 18.1 Å². The quantitative estimate of drug-likeness (QED) is 0.662. The molecular weight excluding hydrogens is 333 g/mol. The highest BCUT2D eigenvalue weighted by atomic mass is 19.4. The van der Waals surface area contributed by atoms with Gasteiger partial charge in [0.1, 0.15) is 5.75 Å². The summed E-state index contributed by atoms with van der Waals surface area (Å²) in [6.45, 7) is 0.727. The highest BCUT2D eigenvalue weighted by Crippen LogP contribution is 2.29. The predicted octanol–water partition coefficient (Wildman–Crippen LogP) is 4.41. The highest BCUT2D eigenvalue weighted by Gasteiger charge is 2.31. The zero-order valence-electron chi connectivity index (χ0n) is 12.2. The van der Waals surface area contributed by atoms with Gasteiger partial charge in [-0.15, -0.1) is 13.2 Å². The summed E-state index contributed by atoms with van der Waals surface area (Å²) in [5, 5.41) is 0. The summed E-state index contributed by atoms with van der Waals surface area (Å²) < 4.78 is 68.5. The monoisotopic (exact) mass is 343 g/mol. The van der Waals surface area contributed by atoms with Crippen molar-refractivity contribution in [1.82, 2.24) is 14.4 Å². The topological polar surface area (TPSA) is 39.4 Å². The molecule has 0 saturated carbocycles. The van der Waals surface area contributed by atoms with Crippen molar-refractivity contribution in [3.63, 3.8) is 0 Å². The second-order valence-electron chi connectivity index (χ2n) is 5.11. The van der Waals surface area contributed by atoms with Crippen LogP contribution in [0.3, 0.4) is 0 Å². The number of imidazole rings is 1. The normalized spacial score (nSPS) is 12.6. The summed E-state index contributed by atoms with van der Waals surface area (Å²) in [5.41, 5.74) is 1.14. The van der Waals surface area contributed by atoms with Gasteiger partial charge in [0.25, 0.3) is 0 Å². The van der Waals surface area contributed by atoms with Crippen LogP contribution in [0.15, 0.2) is 42.9 Å². The van der Waals surface area contributed by atoms with E-state index in [1.54, 1.807) is 0 Å². The summed E-state index contributed by atoms with van der Waals surface area (Å²) in [6.07, 6.45) is -0.798. The van der Waals surface area contributed by atoms with E-state index >= 15 is 0 Å². The van der Waals surface area contributed by atoms with Gasteiger partial charge >= 0.3 is 12.3 Å². The first-order valence-electron chi connectivity index (χ1n) is 6.71. The molecule has 0 atom stereocenters. The zero-order valence-corrected chi connectivity index (χ0v) is 12.2. The van der Waals surface area contributed by atoms with Crippen LogP contribution in [0.4, 0.5) is 22.0 Å². The molecule has 0 saturated heterocycles. The minimum absolute atomic E-state index is 0.310. The lowest BCUT2D eigenvalue weighted by Gasteiger charge is -2.11. The Morgan fingerprint density at radius 2 is 1.58 bits per heavy atom. The van der Waals surface area contributed by atoms with Crippen LogP contribution in [0.2, 0.25) is 0 Å². The Balaban J connectivity index is 1.97. The van der Waals surface area contributed by atoms with Crippen molar-refractivity contribution < 1.29 is 26.7 Å². The number of nitrogens with zero attached hydrogens (tertiary/aromatic N) is 3. The van der Waals surface area contributed by atoms with Gasteiger partial charge in [0, 0.05) is 18.7 Å². The Hall–Kier alpha value is -2.71. The maximum absolute atomic E-state index is 13.5. The van der Waals surface area contributed by atoms with Crippen molar-refractivity contribution in [2.75, 3.05) is 0 Å². The van der Waals surface area contributed by atoms with Gasteiger partial charge in [0.05, 0.1) is 23.6 Å². The third-order valence-electron chi connectivity index (χ3n) is 3.19. The number of benzene rings is 1. The predicted molar refractivity (Wildman–Crippen MR) is 74.7 cm³/mol. The maximum atomic E-state index is 13.5. The minimum atomic E-state index is -4.78. The Kier molecular flexibility index (Phi) is 3.66. The first-order valence-corrected chi connectivity index (χ1v) is 6.71. The molecule has 126 valence electrons. The van der Waals surface area contributed by atoms with E-state index in [1.165, 1.54) is 35.1 Å². The Morgan fingerprint density at radius 3 is 2.17 bits per heavy atom. The molecule has 0 unspecified atom stereocenters. The molecule has 0 amide bonds. The van der Waals surface area contributed by atoms with Crippen molar-refractivity contribution in [1.29, 1.82) is 0 Å². The van der Waals surface area contributed by atoms with Gasteiger partial charge in [-0.1, -0.05) is 0 Å². The van der Waals surface area contributed by atoms with Crippen molar-refractivity contribution in [3.05, 3.63) is 48.7 Å². The van der Waals surface area contributed by atoms with Crippen LogP contribution in [0, 0.1) is 0 Å². The van der Waals surface area contributed by atoms with Gasteiger partial charge in [0.2, 0.25) is 0 Å². The standard InChI is InChI=1S/C15H10F5N3O/c1-14(16,17)13-22-7-10-6-21-12(8-23(10)13)9-2-4-11(5-3-9)24-15(18,19)20/h2-8H,1H3. The zero-order chi connectivity index (χ0) is 17.5. The van der Waals surface area contributed by atoms with Crippen molar-refractivity contribution in [2.24, 2.45) is 0 Å². The summed E-state index contributed by atoms with van der Waals surface area (Å²) in [6, 6.07) is 4.96. The number of hydrogen-bond donors (Lipinski definition) is 0. The number of ether oxygens (including phenoxy) is 1. The molecule has 3 aromatic rings.